The van der Waals surface area contributed by atoms with Crippen LogP contribution in [0.1, 0.15) is 58.6 Å². The fraction of sp³-hybridized carbons (Fsp3) is 0.474. The molecule has 0 spiro atoms. The molecule has 0 radical (unpaired) electrons. The van der Waals surface area contributed by atoms with E-state index >= 15 is 0 Å². The third-order valence-electron chi connectivity index (χ3n) is 3.12. The van der Waals surface area contributed by atoms with Crippen LogP contribution in [-0.4, -0.2) is 0 Å². The molecule has 0 fully saturated rings. The van der Waals surface area contributed by atoms with Gasteiger partial charge in [0.15, 0.2) is 0 Å². The van der Waals surface area contributed by atoms with Crippen LogP contribution in [0.4, 0.5) is 0 Å². The molecular formula is C19H30. The highest BCUT2D eigenvalue weighted by Gasteiger charge is 2.29. The summed E-state index contributed by atoms with van der Waals surface area (Å²) in [5, 5.41) is 0. The molecule has 2 aliphatic rings. The molecule has 3 rings (SSSR count). The maximum atomic E-state index is 2.34. The van der Waals surface area contributed by atoms with Crippen LogP contribution in [-0.2, 0) is 6.42 Å². The van der Waals surface area contributed by atoms with Gasteiger partial charge < -0.3 is 0 Å². The monoisotopic (exact) mass is 258 g/mol. The molecule has 0 nitrogen and oxygen atoms in total. The van der Waals surface area contributed by atoms with Crippen LogP contribution in [0.5, 0.6) is 0 Å². The second-order valence-corrected chi connectivity index (χ2v) is 3.86. The van der Waals surface area contributed by atoms with Gasteiger partial charge >= 0.3 is 0 Å². The van der Waals surface area contributed by atoms with E-state index in [2.05, 4.69) is 48.6 Å². The van der Waals surface area contributed by atoms with Gasteiger partial charge in [0.2, 0.25) is 0 Å². The van der Waals surface area contributed by atoms with Crippen LogP contribution in [0.3, 0.4) is 0 Å². The summed E-state index contributed by atoms with van der Waals surface area (Å²) < 4.78 is 0. The Labute approximate surface area is 120 Å². The van der Waals surface area contributed by atoms with Gasteiger partial charge in [-0.25, -0.2) is 0 Å². The molecule has 0 aliphatic heterocycles. The Morgan fingerprint density at radius 3 is 2.05 bits per heavy atom. The summed E-state index contributed by atoms with van der Waals surface area (Å²) in [5.74, 6) is 1.38. The van der Waals surface area contributed by atoms with E-state index in [0.29, 0.717) is 5.92 Å². The Bertz CT molecular complexity index is 385. The minimum absolute atomic E-state index is 0.654. The predicted molar refractivity (Wildman–Crippen MR) is 88.7 cm³/mol. The highest BCUT2D eigenvalue weighted by molar-refractivity contribution is 5.42. The van der Waals surface area contributed by atoms with Gasteiger partial charge in [0.05, 0.1) is 0 Å². The number of benzene rings is 1. The lowest BCUT2D eigenvalue weighted by atomic mass is 9.89. The molecule has 0 saturated carbocycles. The fourth-order valence-electron chi connectivity index (χ4n) is 2.48. The first-order valence-corrected chi connectivity index (χ1v) is 7.88. The Morgan fingerprint density at radius 2 is 1.37 bits per heavy atom. The predicted octanol–water partition coefficient (Wildman–Crippen LogP) is 6.15. The minimum Gasteiger partial charge on any atom is -0.0802 e. The average Bonchev–Trinajstić information content (AvgIpc) is 2.92. The van der Waals surface area contributed by atoms with Gasteiger partial charge in [-0.2, -0.15) is 0 Å². The van der Waals surface area contributed by atoms with Crippen molar-refractivity contribution < 1.29 is 0 Å². The van der Waals surface area contributed by atoms with Crippen molar-refractivity contribution in [3.63, 3.8) is 0 Å². The van der Waals surface area contributed by atoms with Gasteiger partial charge in [-0.1, -0.05) is 90.1 Å². The molecule has 2 aliphatic carbocycles. The summed E-state index contributed by atoms with van der Waals surface area (Å²) >= 11 is 0. The second-order valence-electron chi connectivity index (χ2n) is 3.86. The molecule has 0 N–H and O–H groups in total. The largest absolute Gasteiger partial charge is 0.0802 e. The number of rotatable bonds is 0. The molecule has 0 aromatic heterocycles. The zero-order valence-corrected chi connectivity index (χ0v) is 13.5. The van der Waals surface area contributed by atoms with E-state index < -0.39 is 0 Å². The summed E-state index contributed by atoms with van der Waals surface area (Å²) in [6, 6.07) is 8.82. The maximum Gasteiger partial charge on any atom is 0.00899 e. The molecule has 106 valence electrons. The number of hydrogen-bond acceptors (Lipinski definition) is 0. The first kappa shape index (κ1) is 17.7. The van der Waals surface area contributed by atoms with Crippen molar-refractivity contribution in [2.75, 3.05) is 0 Å². The van der Waals surface area contributed by atoms with E-state index in [4.69, 9.17) is 0 Å². The maximum absolute atomic E-state index is 2.34. The molecule has 0 heterocycles. The third kappa shape index (κ3) is 4.38. The van der Waals surface area contributed by atoms with Crippen molar-refractivity contribution in [2.24, 2.45) is 5.92 Å². The summed E-state index contributed by atoms with van der Waals surface area (Å²) in [6.07, 6.45) is 10.2. The van der Waals surface area contributed by atoms with E-state index in [9.17, 15) is 0 Å². The number of fused-ring (bicyclic) bond motifs is 3. The number of hydrogen-bond donors (Lipinski definition) is 0. The Hall–Kier alpha value is -1.30. The molecule has 0 amide bonds. The zero-order valence-electron chi connectivity index (χ0n) is 13.5. The van der Waals surface area contributed by atoms with Crippen LogP contribution in [0.25, 0.3) is 0 Å². The zero-order chi connectivity index (χ0) is 14.7. The lowest BCUT2D eigenvalue weighted by Crippen LogP contribution is -2.03. The summed E-state index contributed by atoms with van der Waals surface area (Å²) in [7, 11) is 0. The van der Waals surface area contributed by atoms with Crippen LogP contribution in [0.15, 0.2) is 48.6 Å². The highest BCUT2D eigenvalue weighted by Crippen LogP contribution is 2.40. The molecule has 0 heteroatoms. The van der Waals surface area contributed by atoms with Gasteiger partial charge in [0, 0.05) is 5.92 Å². The van der Waals surface area contributed by atoms with Crippen molar-refractivity contribution in [3.05, 3.63) is 59.7 Å². The molecule has 0 bridgehead atoms. The van der Waals surface area contributed by atoms with Gasteiger partial charge in [-0.15, -0.1) is 0 Å². The molecule has 1 aromatic rings. The number of allylic oxidation sites excluding steroid dienone is 4. The summed E-state index contributed by atoms with van der Waals surface area (Å²) in [6.45, 7) is 12.0. The van der Waals surface area contributed by atoms with E-state index in [0.717, 1.165) is 5.92 Å². The smallest absolute Gasteiger partial charge is 0.00899 e. The first-order chi connectivity index (χ1) is 9.45. The van der Waals surface area contributed by atoms with Crippen LogP contribution in [0, 0.1) is 5.92 Å². The second kappa shape index (κ2) is 10.6. The van der Waals surface area contributed by atoms with Crippen LogP contribution < -0.4 is 0 Å². The Balaban J connectivity index is 0.000000482. The van der Waals surface area contributed by atoms with Crippen molar-refractivity contribution in [3.8, 4) is 0 Å². The quantitative estimate of drug-likeness (QED) is 0.524. The lowest BCUT2D eigenvalue weighted by Gasteiger charge is -2.15. The molecule has 2 unspecified atom stereocenters. The minimum atomic E-state index is 0.654. The van der Waals surface area contributed by atoms with E-state index in [1.807, 2.05) is 41.5 Å². The summed E-state index contributed by atoms with van der Waals surface area (Å²) in [5.41, 5.74) is 3.07. The van der Waals surface area contributed by atoms with E-state index in [-0.39, 0.29) is 0 Å². The van der Waals surface area contributed by atoms with Crippen LogP contribution >= 0.6 is 0 Å². The third-order valence-corrected chi connectivity index (χ3v) is 3.12. The van der Waals surface area contributed by atoms with Crippen molar-refractivity contribution in [1.29, 1.82) is 0 Å². The summed E-state index contributed by atoms with van der Waals surface area (Å²) in [4.78, 5) is 0. The SMILES string of the molecule is C1=CC2Cc3ccccc3C2C=C1.CC.CC.CC. The lowest BCUT2D eigenvalue weighted by molar-refractivity contribution is 0.630. The van der Waals surface area contributed by atoms with E-state index in [1.54, 1.807) is 0 Å². The van der Waals surface area contributed by atoms with Gasteiger partial charge in [-0.05, 0) is 23.5 Å². The fourth-order valence-corrected chi connectivity index (χ4v) is 2.48. The van der Waals surface area contributed by atoms with Gasteiger partial charge in [0.1, 0.15) is 0 Å². The topological polar surface area (TPSA) is 0 Å². The van der Waals surface area contributed by atoms with E-state index in [1.165, 1.54) is 17.5 Å². The first-order valence-electron chi connectivity index (χ1n) is 7.88. The molecule has 0 saturated heterocycles. The van der Waals surface area contributed by atoms with Crippen molar-refractivity contribution in [2.45, 2.75) is 53.9 Å². The Kier molecular flexibility index (Phi) is 9.88. The van der Waals surface area contributed by atoms with Crippen molar-refractivity contribution in [1.82, 2.24) is 0 Å². The average molecular weight is 258 g/mol. The standard InChI is InChI=1S/C13H12.3C2H6/c1-3-7-12-10(5-1)9-11-6-2-4-8-13(11)12;3*1-2/h1-8,10,12H,9H2;3*1-2H3. The molecule has 19 heavy (non-hydrogen) atoms. The molecule has 1 aromatic carbocycles. The molecular weight excluding hydrogens is 228 g/mol. The van der Waals surface area contributed by atoms with Crippen molar-refractivity contribution >= 4 is 0 Å². The molecule has 2 atom stereocenters. The van der Waals surface area contributed by atoms with Gasteiger partial charge in [-0.3, -0.25) is 0 Å². The normalized spacial score (nSPS) is 20.5. The highest BCUT2D eigenvalue weighted by atomic mass is 14.3. The Morgan fingerprint density at radius 1 is 0.789 bits per heavy atom. The van der Waals surface area contributed by atoms with Crippen LogP contribution in [0.2, 0.25) is 0 Å². The van der Waals surface area contributed by atoms with Gasteiger partial charge in [0.25, 0.3) is 0 Å².